The molecule has 1 unspecified atom stereocenters. The van der Waals surface area contributed by atoms with Gasteiger partial charge in [-0.25, -0.2) is 0 Å². The first-order valence-corrected chi connectivity index (χ1v) is 9.26. The molecule has 2 heterocycles. The first kappa shape index (κ1) is 17.0. The summed E-state index contributed by atoms with van der Waals surface area (Å²) in [5.74, 6) is 0.827. The number of carbonyl (C=O) groups is 1. The first-order valence-electron chi connectivity index (χ1n) is 8.38. The lowest BCUT2D eigenvalue weighted by molar-refractivity contribution is -0.135. The zero-order valence-electron chi connectivity index (χ0n) is 14.3. The highest BCUT2D eigenvalue weighted by molar-refractivity contribution is 7.10. The first-order chi connectivity index (χ1) is 11.6. The van der Waals surface area contributed by atoms with Crippen molar-refractivity contribution >= 4 is 17.2 Å². The Labute approximate surface area is 147 Å². The van der Waals surface area contributed by atoms with Gasteiger partial charge in [-0.05, 0) is 43.0 Å². The fourth-order valence-electron chi connectivity index (χ4n) is 3.01. The highest BCUT2D eigenvalue weighted by atomic mass is 32.1. The van der Waals surface area contributed by atoms with Gasteiger partial charge in [0.25, 0.3) is 5.91 Å². The van der Waals surface area contributed by atoms with Crippen molar-refractivity contribution in [2.45, 2.75) is 19.9 Å². The van der Waals surface area contributed by atoms with Gasteiger partial charge in [0.05, 0.1) is 0 Å². The average molecular weight is 344 g/mol. The molecule has 5 heteroatoms. The average Bonchev–Trinajstić information content (AvgIpc) is 3.14. The number of aryl methyl sites for hydroxylation is 1. The second kappa shape index (κ2) is 7.81. The van der Waals surface area contributed by atoms with Gasteiger partial charge < -0.3 is 9.64 Å². The summed E-state index contributed by atoms with van der Waals surface area (Å²) in [4.78, 5) is 18.1. The van der Waals surface area contributed by atoms with E-state index in [9.17, 15) is 4.79 Å². The summed E-state index contributed by atoms with van der Waals surface area (Å²) in [6, 6.07) is 12.5. The molecule has 0 radical (unpaired) electrons. The SMILES string of the molecule is Cc1cccc(OCC(=O)N2CCN(C(C)c3cccs3)CC2)c1. The summed E-state index contributed by atoms with van der Waals surface area (Å²) >= 11 is 1.80. The van der Waals surface area contributed by atoms with E-state index in [2.05, 4.69) is 29.3 Å². The Hall–Kier alpha value is -1.85. The van der Waals surface area contributed by atoms with E-state index in [1.165, 1.54) is 4.88 Å². The van der Waals surface area contributed by atoms with Crippen molar-refractivity contribution in [3.63, 3.8) is 0 Å². The van der Waals surface area contributed by atoms with E-state index in [1.807, 2.05) is 36.1 Å². The number of piperazine rings is 1. The number of nitrogens with zero attached hydrogens (tertiary/aromatic N) is 2. The highest BCUT2D eigenvalue weighted by Crippen LogP contribution is 2.25. The highest BCUT2D eigenvalue weighted by Gasteiger charge is 2.25. The lowest BCUT2D eigenvalue weighted by atomic mass is 10.2. The monoisotopic (exact) mass is 344 g/mol. The van der Waals surface area contributed by atoms with Crippen LogP contribution in [0.5, 0.6) is 5.75 Å². The summed E-state index contributed by atoms with van der Waals surface area (Å²) in [6.45, 7) is 7.73. The Morgan fingerprint density at radius 2 is 2.00 bits per heavy atom. The maximum atomic E-state index is 12.3. The van der Waals surface area contributed by atoms with Crippen molar-refractivity contribution in [1.29, 1.82) is 0 Å². The molecule has 0 bridgehead atoms. The lowest BCUT2D eigenvalue weighted by Gasteiger charge is -2.37. The van der Waals surface area contributed by atoms with E-state index >= 15 is 0 Å². The normalized spacial score (nSPS) is 16.8. The second-order valence-electron chi connectivity index (χ2n) is 6.21. The summed E-state index contributed by atoms with van der Waals surface area (Å²) in [7, 11) is 0. The number of carbonyl (C=O) groups excluding carboxylic acids is 1. The van der Waals surface area contributed by atoms with Crippen LogP contribution < -0.4 is 4.74 Å². The van der Waals surface area contributed by atoms with Crippen molar-refractivity contribution in [2.24, 2.45) is 0 Å². The van der Waals surface area contributed by atoms with E-state index in [1.54, 1.807) is 11.3 Å². The molecular formula is C19H24N2O2S. The van der Waals surface area contributed by atoms with E-state index in [-0.39, 0.29) is 12.5 Å². The van der Waals surface area contributed by atoms with Gasteiger partial charge in [-0.2, -0.15) is 0 Å². The zero-order valence-corrected chi connectivity index (χ0v) is 15.1. The van der Waals surface area contributed by atoms with Gasteiger partial charge in [0, 0.05) is 37.1 Å². The molecule has 1 fully saturated rings. The molecule has 1 aromatic carbocycles. The Balaban J connectivity index is 1.46. The Morgan fingerprint density at radius 1 is 1.21 bits per heavy atom. The van der Waals surface area contributed by atoms with Gasteiger partial charge >= 0.3 is 0 Å². The second-order valence-corrected chi connectivity index (χ2v) is 7.19. The topological polar surface area (TPSA) is 32.8 Å². The summed E-state index contributed by atoms with van der Waals surface area (Å²) in [5.41, 5.74) is 1.14. The van der Waals surface area contributed by atoms with E-state index in [4.69, 9.17) is 4.74 Å². The van der Waals surface area contributed by atoms with Crippen LogP contribution in [0, 0.1) is 6.92 Å². The number of rotatable bonds is 5. The van der Waals surface area contributed by atoms with Crippen LogP contribution in [0.15, 0.2) is 41.8 Å². The maximum Gasteiger partial charge on any atom is 0.260 e. The lowest BCUT2D eigenvalue weighted by Crippen LogP contribution is -2.50. The van der Waals surface area contributed by atoms with Crippen LogP contribution in [0.3, 0.4) is 0 Å². The molecule has 0 saturated carbocycles. The zero-order chi connectivity index (χ0) is 16.9. The van der Waals surface area contributed by atoms with Crippen molar-refractivity contribution in [2.75, 3.05) is 32.8 Å². The summed E-state index contributed by atoms with van der Waals surface area (Å²) < 4.78 is 5.63. The van der Waals surface area contributed by atoms with Crippen LogP contribution in [0.1, 0.15) is 23.4 Å². The third kappa shape index (κ3) is 4.16. The molecule has 128 valence electrons. The van der Waals surface area contributed by atoms with Crippen LogP contribution in [-0.2, 0) is 4.79 Å². The molecule has 1 amide bonds. The fraction of sp³-hybridized carbons (Fsp3) is 0.421. The number of hydrogen-bond acceptors (Lipinski definition) is 4. The maximum absolute atomic E-state index is 12.3. The van der Waals surface area contributed by atoms with Crippen LogP contribution in [-0.4, -0.2) is 48.5 Å². The minimum absolute atomic E-state index is 0.0694. The Kier molecular flexibility index (Phi) is 5.53. The van der Waals surface area contributed by atoms with Gasteiger partial charge in [-0.1, -0.05) is 18.2 Å². The molecule has 0 N–H and O–H groups in total. The van der Waals surface area contributed by atoms with Gasteiger partial charge in [0.15, 0.2) is 6.61 Å². The quantitative estimate of drug-likeness (QED) is 0.834. The summed E-state index contributed by atoms with van der Waals surface area (Å²) in [6.07, 6.45) is 0. The van der Waals surface area contributed by atoms with E-state index in [0.717, 1.165) is 37.5 Å². The number of amides is 1. The van der Waals surface area contributed by atoms with Crippen LogP contribution in [0.25, 0.3) is 0 Å². The summed E-state index contributed by atoms with van der Waals surface area (Å²) in [5, 5.41) is 2.12. The molecule has 3 rings (SSSR count). The standard InChI is InChI=1S/C19H24N2O2S/c1-15-5-3-6-17(13-15)23-14-19(22)21-10-8-20(9-11-21)16(2)18-7-4-12-24-18/h3-7,12-13,16H,8-11,14H2,1-2H3. The van der Waals surface area contributed by atoms with Crippen LogP contribution >= 0.6 is 11.3 Å². The third-order valence-electron chi connectivity index (χ3n) is 4.52. The molecule has 1 aliphatic heterocycles. The van der Waals surface area contributed by atoms with Crippen molar-refractivity contribution in [3.8, 4) is 5.75 Å². The molecule has 1 atom stereocenters. The fourth-order valence-corrected chi connectivity index (χ4v) is 3.83. The third-order valence-corrected chi connectivity index (χ3v) is 5.56. The Morgan fingerprint density at radius 3 is 2.67 bits per heavy atom. The minimum Gasteiger partial charge on any atom is -0.484 e. The van der Waals surface area contributed by atoms with E-state index in [0.29, 0.717) is 6.04 Å². The predicted molar refractivity (Wildman–Crippen MR) is 97.6 cm³/mol. The molecule has 0 spiro atoms. The molecule has 1 aliphatic rings. The molecular weight excluding hydrogens is 320 g/mol. The molecule has 1 saturated heterocycles. The van der Waals surface area contributed by atoms with Crippen LogP contribution in [0.4, 0.5) is 0 Å². The smallest absolute Gasteiger partial charge is 0.260 e. The van der Waals surface area contributed by atoms with Gasteiger partial charge in [-0.15, -0.1) is 11.3 Å². The molecule has 1 aromatic heterocycles. The van der Waals surface area contributed by atoms with E-state index < -0.39 is 0 Å². The number of thiophene rings is 1. The number of benzene rings is 1. The van der Waals surface area contributed by atoms with Crippen LogP contribution in [0.2, 0.25) is 0 Å². The largest absolute Gasteiger partial charge is 0.484 e. The molecule has 4 nitrogen and oxygen atoms in total. The van der Waals surface area contributed by atoms with Crippen molar-refractivity contribution < 1.29 is 9.53 Å². The number of ether oxygens (including phenoxy) is 1. The predicted octanol–water partition coefficient (Wildman–Crippen LogP) is 3.34. The van der Waals surface area contributed by atoms with Gasteiger partial charge in [-0.3, -0.25) is 9.69 Å². The Bertz CT molecular complexity index is 664. The van der Waals surface area contributed by atoms with Crippen molar-refractivity contribution in [3.05, 3.63) is 52.2 Å². The molecule has 24 heavy (non-hydrogen) atoms. The molecule has 2 aromatic rings. The van der Waals surface area contributed by atoms with Gasteiger partial charge in [0.1, 0.15) is 5.75 Å². The molecule has 0 aliphatic carbocycles. The van der Waals surface area contributed by atoms with Crippen molar-refractivity contribution in [1.82, 2.24) is 9.80 Å². The number of hydrogen-bond donors (Lipinski definition) is 0. The van der Waals surface area contributed by atoms with Gasteiger partial charge in [0.2, 0.25) is 0 Å². The minimum atomic E-state index is 0.0694.